The maximum atomic E-state index is 5.40. The molecule has 0 aliphatic rings. The van der Waals surface area contributed by atoms with Crippen molar-refractivity contribution in [3.63, 3.8) is 0 Å². The number of guanidine groups is 1. The number of nitrogens with zero attached hydrogens (tertiary/aromatic N) is 2. The van der Waals surface area contributed by atoms with Gasteiger partial charge in [0.05, 0.1) is 5.69 Å². The quantitative estimate of drug-likeness (QED) is 0.227. The van der Waals surface area contributed by atoms with Gasteiger partial charge in [0.15, 0.2) is 5.96 Å². The van der Waals surface area contributed by atoms with Crippen molar-refractivity contribution in [3.05, 3.63) is 51.3 Å². The van der Waals surface area contributed by atoms with E-state index in [1.165, 1.54) is 5.56 Å². The zero-order valence-corrected chi connectivity index (χ0v) is 19.6. The summed E-state index contributed by atoms with van der Waals surface area (Å²) in [5.41, 5.74) is 3.51. The Bertz CT molecular complexity index is 681. The van der Waals surface area contributed by atoms with Crippen molar-refractivity contribution in [2.45, 2.75) is 46.1 Å². The first-order valence-electron chi connectivity index (χ1n) is 8.83. The zero-order chi connectivity index (χ0) is 18.1. The van der Waals surface area contributed by atoms with Crippen molar-refractivity contribution in [2.24, 2.45) is 4.99 Å². The summed E-state index contributed by atoms with van der Waals surface area (Å²) < 4.78 is 6.53. The molecule has 0 atom stereocenters. The molecule has 0 bridgehead atoms. The zero-order valence-electron chi connectivity index (χ0n) is 15.6. The Balaban J connectivity index is 0.00000338. The van der Waals surface area contributed by atoms with Crippen LogP contribution in [-0.4, -0.2) is 24.7 Å². The molecule has 0 fully saturated rings. The van der Waals surface area contributed by atoms with E-state index in [9.17, 15) is 0 Å². The van der Waals surface area contributed by atoms with Gasteiger partial charge in [-0.2, -0.15) is 0 Å². The highest BCUT2D eigenvalue weighted by Crippen LogP contribution is 2.15. The van der Waals surface area contributed by atoms with Crippen molar-refractivity contribution in [1.29, 1.82) is 0 Å². The molecular weight excluding hydrogens is 507 g/mol. The second-order valence-corrected chi connectivity index (χ2v) is 6.74. The largest absolute Gasteiger partial charge is 0.361 e. The lowest BCUT2D eigenvalue weighted by atomic mass is 10.1. The van der Waals surface area contributed by atoms with Gasteiger partial charge in [0.25, 0.3) is 0 Å². The van der Waals surface area contributed by atoms with Crippen LogP contribution in [0.3, 0.4) is 0 Å². The molecule has 5 nitrogen and oxygen atoms in total. The number of aryl methyl sites for hydroxylation is 3. The fraction of sp³-hybridized carbons (Fsp3) is 0.474. The minimum absolute atomic E-state index is 0. The Labute approximate surface area is 181 Å². The average molecular weight is 535 g/mol. The predicted octanol–water partition coefficient (Wildman–Crippen LogP) is 4.48. The monoisotopic (exact) mass is 534 g/mol. The second kappa shape index (κ2) is 12.3. The van der Waals surface area contributed by atoms with E-state index in [-0.39, 0.29) is 24.0 Å². The molecule has 0 aliphatic carbocycles. The van der Waals surface area contributed by atoms with Crippen LogP contribution in [-0.2, 0) is 25.8 Å². The van der Waals surface area contributed by atoms with E-state index in [1.54, 1.807) is 7.05 Å². The molecule has 144 valence electrons. The van der Waals surface area contributed by atoms with Gasteiger partial charge in [0.1, 0.15) is 5.76 Å². The van der Waals surface area contributed by atoms with Crippen LogP contribution in [0.2, 0.25) is 0 Å². The third kappa shape index (κ3) is 6.90. The lowest BCUT2D eigenvalue weighted by Gasteiger charge is -2.12. The summed E-state index contributed by atoms with van der Waals surface area (Å²) in [6.07, 6.45) is 3.81. The lowest BCUT2D eigenvalue weighted by Crippen LogP contribution is -2.37. The molecule has 2 aromatic rings. The Kier molecular flexibility index (Phi) is 10.9. The van der Waals surface area contributed by atoms with Gasteiger partial charge < -0.3 is 15.2 Å². The third-order valence-electron chi connectivity index (χ3n) is 4.09. The van der Waals surface area contributed by atoms with Gasteiger partial charge >= 0.3 is 0 Å². The number of hydrogen-bond acceptors (Lipinski definition) is 3. The molecule has 0 amide bonds. The number of aromatic nitrogens is 1. The van der Waals surface area contributed by atoms with Crippen LogP contribution < -0.4 is 10.6 Å². The molecule has 2 rings (SSSR count). The van der Waals surface area contributed by atoms with Crippen LogP contribution in [0.5, 0.6) is 0 Å². The summed E-state index contributed by atoms with van der Waals surface area (Å²) >= 11 is 3.51. The first-order valence-corrected chi connectivity index (χ1v) is 9.62. The minimum atomic E-state index is 0. The van der Waals surface area contributed by atoms with E-state index in [4.69, 9.17) is 4.52 Å². The van der Waals surface area contributed by atoms with Crippen molar-refractivity contribution in [1.82, 2.24) is 15.8 Å². The second-order valence-electron chi connectivity index (χ2n) is 5.82. The minimum Gasteiger partial charge on any atom is -0.361 e. The fourth-order valence-electron chi connectivity index (χ4n) is 2.72. The van der Waals surface area contributed by atoms with Crippen LogP contribution in [0, 0.1) is 0 Å². The molecule has 0 spiro atoms. The van der Waals surface area contributed by atoms with Gasteiger partial charge in [-0.15, -0.1) is 24.0 Å². The van der Waals surface area contributed by atoms with E-state index >= 15 is 0 Å². The maximum Gasteiger partial charge on any atom is 0.191 e. The van der Waals surface area contributed by atoms with Crippen molar-refractivity contribution in [2.75, 3.05) is 13.6 Å². The van der Waals surface area contributed by atoms with Gasteiger partial charge in [-0.25, -0.2) is 0 Å². The third-order valence-corrected chi connectivity index (χ3v) is 4.58. The highest BCUT2D eigenvalue weighted by Gasteiger charge is 2.13. The summed E-state index contributed by atoms with van der Waals surface area (Å²) in [5.74, 6) is 1.76. The van der Waals surface area contributed by atoms with E-state index in [0.29, 0.717) is 6.54 Å². The van der Waals surface area contributed by atoms with Crippen LogP contribution in [0.15, 0.2) is 38.3 Å². The molecule has 0 aliphatic heterocycles. The van der Waals surface area contributed by atoms with Gasteiger partial charge in [-0.3, -0.25) is 4.99 Å². The molecule has 0 unspecified atom stereocenters. The standard InChI is InChI=1S/C19H27BrN4O.HI/c1-4-17-16(18(5-2)25-24-17)13-23-19(21-3)22-11-7-9-14-8-6-10-15(20)12-14;/h6,8,10,12H,4-5,7,9,11,13H2,1-3H3,(H2,21,22,23);1H. The Hall–Kier alpha value is -1.09. The Morgan fingerprint density at radius 1 is 1.23 bits per heavy atom. The number of aliphatic imine (C=N–C) groups is 1. The molecule has 0 saturated carbocycles. The van der Waals surface area contributed by atoms with E-state index < -0.39 is 0 Å². The lowest BCUT2D eigenvalue weighted by molar-refractivity contribution is 0.380. The van der Waals surface area contributed by atoms with Crippen molar-refractivity contribution in [3.8, 4) is 0 Å². The fourth-order valence-corrected chi connectivity index (χ4v) is 3.17. The van der Waals surface area contributed by atoms with E-state index in [0.717, 1.165) is 59.7 Å². The van der Waals surface area contributed by atoms with E-state index in [2.05, 4.69) is 68.8 Å². The number of benzene rings is 1. The summed E-state index contributed by atoms with van der Waals surface area (Å²) in [7, 11) is 1.79. The molecule has 0 radical (unpaired) electrons. The first-order chi connectivity index (χ1) is 12.2. The van der Waals surface area contributed by atoms with Crippen molar-refractivity contribution < 1.29 is 4.52 Å². The topological polar surface area (TPSA) is 62.5 Å². The van der Waals surface area contributed by atoms with Crippen LogP contribution in [0.1, 0.15) is 42.8 Å². The summed E-state index contributed by atoms with van der Waals surface area (Å²) in [6, 6.07) is 8.44. The average Bonchev–Trinajstić information content (AvgIpc) is 3.03. The Morgan fingerprint density at radius 2 is 2.04 bits per heavy atom. The molecule has 7 heteroatoms. The van der Waals surface area contributed by atoms with Gasteiger partial charge in [-0.1, -0.05) is 47.1 Å². The number of nitrogens with one attached hydrogen (secondary N) is 2. The summed E-state index contributed by atoms with van der Waals surface area (Å²) in [4.78, 5) is 4.29. The predicted molar refractivity (Wildman–Crippen MR) is 121 cm³/mol. The molecule has 1 aromatic heterocycles. The molecule has 2 N–H and O–H groups in total. The summed E-state index contributed by atoms with van der Waals surface area (Å²) in [6.45, 7) is 5.73. The highest BCUT2D eigenvalue weighted by atomic mass is 127. The molecule has 0 saturated heterocycles. The molecule has 1 aromatic carbocycles. The van der Waals surface area contributed by atoms with Crippen LogP contribution >= 0.6 is 39.9 Å². The molecule has 1 heterocycles. The number of hydrogen-bond donors (Lipinski definition) is 2. The van der Waals surface area contributed by atoms with Crippen LogP contribution in [0.4, 0.5) is 0 Å². The number of halogens is 2. The number of rotatable bonds is 8. The normalized spacial score (nSPS) is 11.2. The van der Waals surface area contributed by atoms with E-state index in [1.807, 2.05) is 6.07 Å². The maximum absolute atomic E-state index is 5.40. The van der Waals surface area contributed by atoms with Gasteiger partial charge in [0.2, 0.25) is 0 Å². The SMILES string of the molecule is CCc1noc(CC)c1CNC(=NC)NCCCc1cccc(Br)c1.I. The smallest absolute Gasteiger partial charge is 0.191 e. The molecular formula is C19H28BrIN4O. The van der Waals surface area contributed by atoms with Crippen molar-refractivity contribution >= 4 is 45.9 Å². The van der Waals surface area contributed by atoms with Gasteiger partial charge in [-0.05, 0) is 37.0 Å². The van der Waals surface area contributed by atoms with Crippen LogP contribution in [0.25, 0.3) is 0 Å². The Morgan fingerprint density at radius 3 is 2.69 bits per heavy atom. The molecule has 26 heavy (non-hydrogen) atoms. The highest BCUT2D eigenvalue weighted by molar-refractivity contribution is 14.0. The summed E-state index contributed by atoms with van der Waals surface area (Å²) in [5, 5.41) is 10.9. The van der Waals surface area contributed by atoms with Gasteiger partial charge in [0, 0.05) is 36.6 Å². The first kappa shape index (κ1) is 23.0.